The van der Waals surface area contributed by atoms with Crippen LogP contribution >= 0.6 is 11.6 Å². The van der Waals surface area contributed by atoms with Gasteiger partial charge in [-0.3, -0.25) is 4.98 Å². The molecule has 0 N–H and O–H groups in total. The SMILES string of the molecule is ClC1CCCCCC1Cc1ccc2ccccc2n1. The van der Waals surface area contributed by atoms with Crippen molar-refractivity contribution in [1.82, 2.24) is 4.98 Å². The molecule has 1 fully saturated rings. The number of benzene rings is 1. The predicted molar refractivity (Wildman–Crippen MR) is 81.7 cm³/mol. The summed E-state index contributed by atoms with van der Waals surface area (Å²) in [6, 6.07) is 12.7. The fourth-order valence-corrected chi connectivity index (χ4v) is 3.43. The average Bonchev–Trinajstić information content (AvgIpc) is 2.64. The smallest absolute Gasteiger partial charge is 0.0705 e. The number of halogens is 1. The van der Waals surface area contributed by atoms with Gasteiger partial charge in [-0.1, -0.05) is 43.5 Å². The molecule has 0 bridgehead atoms. The third-order valence-electron chi connectivity index (χ3n) is 4.19. The zero-order valence-electron chi connectivity index (χ0n) is 11.2. The molecule has 3 rings (SSSR count). The van der Waals surface area contributed by atoms with E-state index in [1.807, 2.05) is 0 Å². The summed E-state index contributed by atoms with van der Waals surface area (Å²) in [4.78, 5) is 4.78. The maximum absolute atomic E-state index is 6.53. The predicted octanol–water partition coefficient (Wildman–Crippen LogP) is 4.97. The van der Waals surface area contributed by atoms with Gasteiger partial charge in [0, 0.05) is 16.5 Å². The number of fused-ring (bicyclic) bond motifs is 1. The fourth-order valence-electron chi connectivity index (χ4n) is 3.06. The molecular formula is C17H20ClN. The summed E-state index contributed by atoms with van der Waals surface area (Å²) in [6.07, 6.45) is 7.39. The number of para-hydroxylation sites is 1. The van der Waals surface area contributed by atoms with Gasteiger partial charge in [0.2, 0.25) is 0 Å². The van der Waals surface area contributed by atoms with E-state index in [0.717, 1.165) is 11.9 Å². The van der Waals surface area contributed by atoms with Crippen molar-refractivity contribution in [2.24, 2.45) is 5.92 Å². The minimum Gasteiger partial charge on any atom is -0.253 e. The molecule has 19 heavy (non-hydrogen) atoms. The normalized spacial score (nSPS) is 24.3. The van der Waals surface area contributed by atoms with Gasteiger partial charge < -0.3 is 0 Å². The second-order valence-corrected chi connectivity index (χ2v) is 6.17. The van der Waals surface area contributed by atoms with Gasteiger partial charge in [-0.25, -0.2) is 0 Å². The summed E-state index contributed by atoms with van der Waals surface area (Å²) in [6.45, 7) is 0. The lowest BCUT2D eigenvalue weighted by Gasteiger charge is -2.19. The van der Waals surface area contributed by atoms with Crippen LogP contribution in [0, 0.1) is 5.92 Å². The molecule has 0 saturated heterocycles. The molecule has 0 aliphatic heterocycles. The first-order valence-corrected chi connectivity index (χ1v) is 7.75. The highest BCUT2D eigenvalue weighted by Gasteiger charge is 2.22. The Morgan fingerprint density at radius 3 is 2.79 bits per heavy atom. The summed E-state index contributed by atoms with van der Waals surface area (Å²) < 4.78 is 0. The van der Waals surface area contributed by atoms with Crippen LogP contribution in [0.5, 0.6) is 0 Å². The minimum absolute atomic E-state index is 0.329. The van der Waals surface area contributed by atoms with E-state index in [2.05, 4.69) is 36.4 Å². The molecule has 100 valence electrons. The molecule has 0 radical (unpaired) electrons. The molecule has 1 aliphatic rings. The Hall–Kier alpha value is -1.08. The molecule has 1 heterocycles. The lowest BCUT2D eigenvalue weighted by molar-refractivity contribution is 0.461. The first kappa shape index (κ1) is 12.9. The van der Waals surface area contributed by atoms with Crippen molar-refractivity contribution < 1.29 is 0 Å². The lowest BCUT2D eigenvalue weighted by atomic mass is 9.94. The van der Waals surface area contributed by atoms with E-state index in [9.17, 15) is 0 Å². The Kier molecular flexibility index (Phi) is 4.03. The Bertz CT molecular complexity index is 552. The second kappa shape index (κ2) is 5.92. The van der Waals surface area contributed by atoms with Crippen LogP contribution in [-0.2, 0) is 6.42 Å². The van der Waals surface area contributed by atoms with Crippen LogP contribution in [0.4, 0.5) is 0 Å². The zero-order chi connectivity index (χ0) is 13.1. The maximum Gasteiger partial charge on any atom is 0.0705 e. The summed E-state index contributed by atoms with van der Waals surface area (Å²) >= 11 is 6.53. The Morgan fingerprint density at radius 2 is 1.84 bits per heavy atom. The van der Waals surface area contributed by atoms with Crippen LogP contribution in [-0.4, -0.2) is 10.4 Å². The van der Waals surface area contributed by atoms with Gasteiger partial charge in [-0.05, 0) is 37.3 Å². The fraction of sp³-hybridized carbons (Fsp3) is 0.471. The average molecular weight is 274 g/mol. The molecule has 2 unspecified atom stereocenters. The standard InChI is InChI=1S/C17H20ClN/c18-16-8-3-1-2-7-14(16)12-15-11-10-13-6-4-5-9-17(13)19-15/h4-6,9-11,14,16H,1-3,7-8,12H2. The van der Waals surface area contributed by atoms with E-state index in [-0.39, 0.29) is 0 Å². The van der Waals surface area contributed by atoms with Crippen LogP contribution in [0.3, 0.4) is 0 Å². The molecule has 1 aliphatic carbocycles. The quantitative estimate of drug-likeness (QED) is 0.556. The number of nitrogens with zero attached hydrogens (tertiary/aromatic N) is 1. The van der Waals surface area contributed by atoms with E-state index in [4.69, 9.17) is 16.6 Å². The summed E-state index contributed by atoms with van der Waals surface area (Å²) in [7, 11) is 0. The monoisotopic (exact) mass is 273 g/mol. The Morgan fingerprint density at radius 1 is 1.00 bits per heavy atom. The number of alkyl halides is 1. The number of rotatable bonds is 2. The molecular weight excluding hydrogens is 254 g/mol. The molecule has 2 atom stereocenters. The van der Waals surface area contributed by atoms with Gasteiger partial charge in [0.15, 0.2) is 0 Å². The van der Waals surface area contributed by atoms with Gasteiger partial charge in [-0.2, -0.15) is 0 Å². The maximum atomic E-state index is 6.53. The van der Waals surface area contributed by atoms with Crippen LogP contribution < -0.4 is 0 Å². The third-order valence-corrected chi connectivity index (χ3v) is 4.77. The van der Waals surface area contributed by atoms with Crippen molar-refractivity contribution in [3.05, 3.63) is 42.1 Å². The molecule has 2 heteroatoms. The van der Waals surface area contributed by atoms with E-state index in [1.54, 1.807) is 0 Å². The summed E-state index contributed by atoms with van der Waals surface area (Å²) in [5, 5.41) is 1.55. The van der Waals surface area contributed by atoms with Crippen LogP contribution in [0.1, 0.15) is 37.8 Å². The largest absolute Gasteiger partial charge is 0.253 e. The lowest BCUT2D eigenvalue weighted by Crippen LogP contribution is -2.16. The number of hydrogen-bond acceptors (Lipinski definition) is 1. The first-order valence-electron chi connectivity index (χ1n) is 7.32. The summed E-state index contributed by atoms with van der Waals surface area (Å²) in [5.41, 5.74) is 2.29. The van der Waals surface area contributed by atoms with E-state index < -0.39 is 0 Å². The second-order valence-electron chi connectivity index (χ2n) is 5.61. The van der Waals surface area contributed by atoms with Gasteiger partial charge in [0.1, 0.15) is 0 Å². The van der Waals surface area contributed by atoms with E-state index >= 15 is 0 Å². The van der Waals surface area contributed by atoms with Gasteiger partial charge in [0.25, 0.3) is 0 Å². The molecule has 1 nitrogen and oxygen atoms in total. The van der Waals surface area contributed by atoms with E-state index in [0.29, 0.717) is 11.3 Å². The number of hydrogen-bond donors (Lipinski definition) is 0. The molecule has 2 aromatic rings. The third kappa shape index (κ3) is 3.09. The topological polar surface area (TPSA) is 12.9 Å². The van der Waals surface area contributed by atoms with Crippen molar-refractivity contribution in [2.75, 3.05) is 0 Å². The first-order chi connectivity index (χ1) is 9.33. The molecule has 0 amide bonds. The van der Waals surface area contributed by atoms with Crippen LogP contribution in [0.15, 0.2) is 36.4 Å². The van der Waals surface area contributed by atoms with Gasteiger partial charge >= 0.3 is 0 Å². The number of pyridine rings is 1. The van der Waals surface area contributed by atoms with Crippen molar-refractivity contribution in [2.45, 2.75) is 43.9 Å². The zero-order valence-corrected chi connectivity index (χ0v) is 11.9. The van der Waals surface area contributed by atoms with Crippen molar-refractivity contribution in [3.63, 3.8) is 0 Å². The highest BCUT2D eigenvalue weighted by molar-refractivity contribution is 6.20. The summed E-state index contributed by atoms with van der Waals surface area (Å²) in [5.74, 6) is 0.595. The minimum atomic E-state index is 0.329. The van der Waals surface area contributed by atoms with Crippen molar-refractivity contribution >= 4 is 22.5 Å². The molecule has 1 saturated carbocycles. The van der Waals surface area contributed by atoms with E-state index in [1.165, 1.54) is 43.2 Å². The highest BCUT2D eigenvalue weighted by Crippen LogP contribution is 2.30. The van der Waals surface area contributed by atoms with Crippen LogP contribution in [0.25, 0.3) is 10.9 Å². The Balaban J connectivity index is 1.80. The van der Waals surface area contributed by atoms with Gasteiger partial charge in [-0.15, -0.1) is 11.6 Å². The molecule has 1 aromatic carbocycles. The number of aromatic nitrogens is 1. The highest BCUT2D eigenvalue weighted by atomic mass is 35.5. The van der Waals surface area contributed by atoms with Gasteiger partial charge in [0.05, 0.1) is 5.52 Å². The molecule has 0 spiro atoms. The van der Waals surface area contributed by atoms with Crippen molar-refractivity contribution in [1.29, 1.82) is 0 Å². The Labute approximate surface area is 120 Å². The molecule has 1 aromatic heterocycles. The van der Waals surface area contributed by atoms with Crippen LogP contribution in [0.2, 0.25) is 0 Å². The van der Waals surface area contributed by atoms with Crippen molar-refractivity contribution in [3.8, 4) is 0 Å².